The summed E-state index contributed by atoms with van der Waals surface area (Å²) in [5.74, 6) is 0.136. The summed E-state index contributed by atoms with van der Waals surface area (Å²) in [6.45, 7) is 12.2. The minimum atomic E-state index is -0.463. The molecule has 0 aliphatic carbocycles. The van der Waals surface area contributed by atoms with E-state index in [4.69, 9.17) is 0 Å². The van der Waals surface area contributed by atoms with Crippen LogP contribution in [0.4, 0.5) is 5.69 Å². The van der Waals surface area contributed by atoms with Gasteiger partial charge < -0.3 is 5.11 Å². The third-order valence-electron chi connectivity index (χ3n) is 4.57. The van der Waals surface area contributed by atoms with Crippen LogP contribution in [0, 0.1) is 10.1 Å². The molecule has 2 aromatic rings. The first kappa shape index (κ1) is 24.4. The third kappa shape index (κ3) is 6.82. The molecule has 166 valence electrons. The molecule has 8 heteroatoms. The summed E-state index contributed by atoms with van der Waals surface area (Å²) in [7, 11) is 0. The van der Waals surface area contributed by atoms with Crippen LogP contribution in [-0.4, -0.2) is 27.9 Å². The van der Waals surface area contributed by atoms with Gasteiger partial charge in [0.15, 0.2) is 0 Å². The zero-order chi connectivity index (χ0) is 23.4. The van der Waals surface area contributed by atoms with Crippen molar-refractivity contribution >= 4 is 29.6 Å². The van der Waals surface area contributed by atoms with Crippen LogP contribution >= 0.6 is 11.8 Å². The monoisotopic (exact) mass is 443 g/mol. The number of nitro groups is 1. The molecule has 0 bridgehead atoms. The highest BCUT2D eigenvalue weighted by Crippen LogP contribution is 2.39. The molecule has 0 heterocycles. The van der Waals surface area contributed by atoms with Gasteiger partial charge in [-0.25, -0.2) is 5.43 Å². The molecule has 0 atom stereocenters. The van der Waals surface area contributed by atoms with E-state index in [1.54, 1.807) is 18.3 Å². The Morgan fingerprint density at radius 3 is 2.06 bits per heavy atom. The summed E-state index contributed by atoms with van der Waals surface area (Å²) >= 11 is 1.27. The lowest BCUT2D eigenvalue weighted by Crippen LogP contribution is -2.20. The van der Waals surface area contributed by atoms with Crippen LogP contribution in [0.15, 0.2) is 46.4 Å². The van der Waals surface area contributed by atoms with Crippen LogP contribution in [0.3, 0.4) is 0 Å². The molecule has 2 aromatic carbocycles. The zero-order valence-electron chi connectivity index (χ0n) is 18.7. The number of nitrogens with zero attached hydrogens (tertiary/aromatic N) is 2. The van der Waals surface area contributed by atoms with Crippen molar-refractivity contribution in [3.8, 4) is 5.75 Å². The number of carbonyl (C=O) groups is 1. The lowest BCUT2D eigenvalue weighted by molar-refractivity contribution is -0.384. The Hall–Kier alpha value is -2.87. The molecule has 31 heavy (non-hydrogen) atoms. The van der Waals surface area contributed by atoms with Crippen molar-refractivity contribution in [1.82, 2.24) is 5.43 Å². The van der Waals surface area contributed by atoms with Crippen molar-refractivity contribution in [1.29, 1.82) is 0 Å². The van der Waals surface area contributed by atoms with Gasteiger partial charge in [0.25, 0.3) is 5.69 Å². The number of amides is 1. The van der Waals surface area contributed by atoms with Gasteiger partial charge in [0.1, 0.15) is 5.75 Å². The van der Waals surface area contributed by atoms with E-state index in [1.807, 2.05) is 53.7 Å². The molecular weight excluding hydrogens is 414 g/mol. The van der Waals surface area contributed by atoms with Gasteiger partial charge in [-0.1, -0.05) is 41.5 Å². The average molecular weight is 444 g/mol. The Morgan fingerprint density at radius 2 is 1.61 bits per heavy atom. The lowest BCUT2D eigenvalue weighted by atomic mass is 9.78. The fourth-order valence-electron chi connectivity index (χ4n) is 2.90. The maximum atomic E-state index is 12.1. The fraction of sp³-hybridized carbons (Fsp3) is 0.391. The number of nitrogens with one attached hydrogen (secondary N) is 1. The Kier molecular flexibility index (Phi) is 7.49. The molecule has 7 nitrogen and oxygen atoms in total. The van der Waals surface area contributed by atoms with Crippen molar-refractivity contribution in [3.63, 3.8) is 0 Å². The highest BCUT2D eigenvalue weighted by molar-refractivity contribution is 8.00. The standard InChI is InChI=1S/C23H29N3O4S/c1-22(2,3)18-11-15(12-19(21(18)28)23(4,5)6)13-24-25-20(27)14-31-17-9-7-16(8-10-17)26(29)30/h7-13,28H,14H2,1-6H3,(H,25,27)/b24-13-. The van der Waals surface area contributed by atoms with Gasteiger partial charge in [-0.3, -0.25) is 14.9 Å². The molecule has 0 unspecified atom stereocenters. The summed E-state index contributed by atoms with van der Waals surface area (Å²) in [4.78, 5) is 23.1. The number of benzene rings is 2. The number of rotatable bonds is 6. The van der Waals surface area contributed by atoms with E-state index < -0.39 is 4.92 Å². The second-order valence-electron chi connectivity index (χ2n) is 9.30. The topological polar surface area (TPSA) is 105 Å². The van der Waals surface area contributed by atoms with Gasteiger partial charge in [0.2, 0.25) is 5.91 Å². The van der Waals surface area contributed by atoms with Gasteiger partial charge in [0.05, 0.1) is 16.9 Å². The average Bonchev–Trinajstić information content (AvgIpc) is 2.66. The number of hydrogen-bond acceptors (Lipinski definition) is 6. The molecule has 0 aliphatic rings. The van der Waals surface area contributed by atoms with E-state index in [0.717, 1.165) is 21.6 Å². The minimum absolute atomic E-state index is 0.0107. The number of non-ortho nitro benzene ring substituents is 1. The highest BCUT2D eigenvalue weighted by Gasteiger charge is 2.26. The number of hydrogen-bond donors (Lipinski definition) is 2. The summed E-state index contributed by atoms with van der Waals surface area (Å²) in [6.07, 6.45) is 1.57. The van der Waals surface area contributed by atoms with Crippen molar-refractivity contribution in [2.75, 3.05) is 5.75 Å². The normalized spacial score (nSPS) is 12.2. The zero-order valence-corrected chi connectivity index (χ0v) is 19.5. The Labute approximate surface area is 187 Å². The molecule has 2 rings (SSSR count). The first-order chi connectivity index (χ1) is 14.3. The summed E-state index contributed by atoms with van der Waals surface area (Å²) in [5.41, 5.74) is 4.44. The minimum Gasteiger partial charge on any atom is -0.507 e. The van der Waals surface area contributed by atoms with E-state index in [9.17, 15) is 20.0 Å². The number of thioether (sulfide) groups is 1. The van der Waals surface area contributed by atoms with E-state index in [-0.39, 0.29) is 28.2 Å². The maximum absolute atomic E-state index is 12.1. The van der Waals surface area contributed by atoms with E-state index in [2.05, 4.69) is 10.5 Å². The summed E-state index contributed by atoms with van der Waals surface area (Å²) < 4.78 is 0. The Morgan fingerprint density at radius 1 is 1.10 bits per heavy atom. The number of nitro benzene ring substituents is 1. The van der Waals surface area contributed by atoms with Gasteiger partial charge >= 0.3 is 0 Å². The predicted molar refractivity (Wildman–Crippen MR) is 125 cm³/mol. The SMILES string of the molecule is CC(C)(C)c1cc(/C=N\NC(=O)CSc2ccc([N+](=O)[O-])cc2)cc(C(C)(C)C)c1O. The van der Waals surface area contributed by atoms with Crippen LogP contribution in [0.1, 0.15) is 58.2 Å². The number of phenols is 1. The van der Waals surface area contributed by atoms with Gasteiger partial charge in [-0.15, -0.1) is 11.8 Å². The van der Waals surface area contributed by atoms with Crippen LogP contribution < -0.4 is 5.43 Å². The van der Waals surface area contributed by atoms with Gasteiger partial charge in [0, 0.05) is 28.2 Å². The molecular formula is C23H29N3O4S. The molecule has 0 aromatic heterocycles. The molecule has 0 aliphatic heterocycles. The van der Waals surface area contributed by atoms with Crippen molar-refractivity contribution in [3.05, 3.63) is 63.2 Å². The Bertz CT molecular complexity index is 952. The molecule has 0 saturated carbocycles. The quantitative estimate of drug-likeness (QED) is 0.278. The number of phenolic OH excluding ortho intramolecular Hbond substituents is 1. The smallest absolute Gasteiger partial charge is 0.269 e. The maximum Gasteiger partial charge on any atom is 0.269 e. The second-order valence-corrected chi connectivity index (χ2v) is 10.3. The first-order valence-corrected chi connectivity index (χ1v) is 10.8. The largest absolute Gasteiger partial charge is 0.507 e. The lowest BCUT2D eigenvalue weighted by Gasteiger charge is -2.27. The number of hydrazone groups is 1. The number of aromatic hydroxyl groups is 1. The third-order valence-corrected chi connectivity index (χ3v) is 5.58. The van der Waals surface area contributed by atoms with Crippen LogP contribution in [-0.2, 0) is 15.6 Å². The Balaban J connectivity index is 2.07. The van der Waals surface area contributed by atoms with E-state index in [0.29, 0.717) is 5.75 Å². The van der Waals surface area contributed by atoms with Crippen LogP contribution in [0.5, 0.6) is 5.75 Å². The summed E-state index contributed by atoms with van der Waals surface area (Å²) in [6, 6.07) is 9.79. The first-order valence-electron chi connectivity index (χ1n) is 9.86. The molecule has 0 radical (unpaired) electrons. The fourth-order valence-corrected chi connectivity index (χ4v) is 3.59. The van der Waals surface area contributed by atoms with Gasteiger partial charge in [-0.2, -0.15) is 5.10 Å². The summed E-state index contributed by atoms with van der Waals surface area (Å²) in [5, 5.41) is 25.5. The van der Waals surface area contributed by atoms with Crippen molar-refractivity contribution in [2.45, 2.75) is 57.3 Å². The number of carbonyl (C=O) groups excluding carboxylic acids is 1. The molecule has 0 spiro atoms. The van der Waals surface area contributed by atoms with Gasteiger partial charge in [-0.05, 0) is 40.7 Å². The van der Waals surface area contributed by atoms with Crippen molar-refractivity contribution in [2.24, 2.45) is 5.10 Å². The molecule has 1 amide bonds. The van der Waals surface area contributed by atoms with Crippen LogP contribution in [0.2, 0.25) is 0 Å². The predicted octanol–water partition coefficient (Wildman–Crippen LogP) is 5.14. The van der Waals surface area contributed by atoms with Crippen LogP contribution in [0.25, 0.3) is 0 Å². The van der Waals surface area contributed by atoms with E-state index in [1.165, 1.54) is 23.9 Å². The van der Waals surface area contributed by atoms with Crippen molar-refractivity contribution < 1.29 is 14.8 Å². The molecule has 2 N–H and O–H groups in total. The second kappa shape index (κ2) is 9.51. The van der Waals surface area contributed by atoms with E-state index >= 15 is 0 Å². The highest BCUT2D eigenvalue weighted by atomic mass is 32.2. The molecule has 0 fully saturated rings. The molecule has 0 saturated heterocycles.